The summed E-state index contributed by atoms with van der Waals surface area (Å²) in [4.78, 5) is 27.3. The number of methoxy groups -OCH3 is 1. The molecule has 0 bridgehead atoms. The molecule has 4 aromatic rings. The Morgan fingerprint density at radius 2 is 1.92 bits per heavy atom. The summed E-state index contributed by atoms with van der Waals surface area (Å²) in [5, 5.41) is 17.1. The number of allylic oxidation sites excluding steroid dienone is 1. The van der Waals surface area contributed by atoms with Crippen LogP contribution in [-0.4, -0.2) is 39.5 Å². The smallest absolute Gasteiger partial charge is 0.341 e. The molecular formula is C29H30N4O3S3. The minimum absolute atomic E-state index is 0.119. The normalized spacial score (nSPS) is 12.7. The summed E-state index contributed by atoms with van der Waals surface area (Å²) in [5.41, 5.74) is 6.72. The van der Waals surface area contributed by atoms with Crippen molar-refractivity contribution in [3.05, 3.63) is 68.7 Å². The molecular weight excluding hydrogens is 549 g/mol. The van der Waals surface area contributed by atoms with Crippen LogP contribution in [0.4, 0.5) is 5.00 Å². The zero-order chi connectivity index (χ0) is 27.5. The molecule has 1 aromatic carbocycles. The fraction of sp³-hybridized carbons (Fsp3) is 0.310. The molecule has 0 saturated heterocycles. The van der Waals surface area contributed by atoms with E-state index in [1.54, 1.807) is 11.3 Å². The molecule has 3 heterocycles. The van der Waals surface area contributed by atoms with Crippen LogP contribution < -0.4 is 5.32 Å². The summed E-state index contributed by atoms with van der Waals surface area (Å²) >= 11 is 4.43. The van der Waals surface area contributed by atoms with Crippen molar-refractivity contribution in [3.63, 3.8) is 0 Å². The SMILES string of the molecule is C=CCn1c(SCC(=O)Nc2scc(-c3cc(C)ccc3C)c2C(=O)OC)nnc1-c1csc2c1CCCC2. The number of aromatic nitrogens is 3. The first-order chi connectivity index (χ1) is 18.9. The Morgan fingerprint density at radius 3 is 2.72 bits per heavy atom. The van der Waals surface area contributed by atoms with Crippen molar-refractivity contribution < 1.29 is 14.3 Å². The molecule has 10 heteroatoms. The second-order valence-electron chi connectivity index (χ2n) is 9.46. The number of nitrogens with zero attached hydrogens (tertiary/aromatic N) is 3. The first-order valence-corrected chi connectivity index (χ1v) is 15.5. The lowest BCUT2D eigenvalue weighted by Crippen LogP contribution is -2.16. The van der Waals surface area contributed by atoms with Crippen LogP contribution in [0.2, 0.25) is 0 Å². The van der Waals surface area contributed by atoms with Gasteiger partial charge in [-0.15, -0.1) is 39.4 Å². The molecule has 0 atom stereocenters. The van der Waals surface area contributed by atoms with Gasteiger partial charge in [0.05, 0.1) is 12.9 Å². The molecule has 0 radical (unpaired) electrons. The van der Waals surface area contributed by atoms with Gasteiger partial charge in [0, 0.05) is 33.3 Å². The molecule has 0 fully saturated rings. The van der Waals surface area contributed by atoms with Crippen LogP contribution in [0.1, 0.15) is 44.8 Å². The van der Waals surface area contributed by atoms with Crippen LogP contribution in [0.3, 0.4) is 0 Å². The first kappa shape index (κ1) is 27.4. The van der Waals surface area contributed by atoms with Crippen molar-refractivity contribution in [1.29, 1.82) is 0 Å². The van der Waals surface area contributed by atoms with Gasteiger partial charge in [0.2, 0.25) is 5.91 Å². The Balaban J connectivity index is 1.35. The van der Waals surface area contributed by atoms with Gasteiger partial charge in [-0.2, -0.15) is 0 Å². The Kier molecular flexibility index (Phi) is 8.34. The molecule has 1 aliphatic carbocycles. The predicted octanol–water partition coefficient (Wildman–Crippen LogP) is 6.93. The van der Waals surface area contributed by atoms with Crippen LogP contribution in [0, 0.1) is 13.8 Å². The number of nitrogens with one attached hydrogen (secondary N) is 1. The molecule has 0 saturated carbocycles. The molecule has 1 aliphatic rings. The number of thioether (sulfide) groups is 1. The third-order valence-corrected chi connectivity index (χ3v) is 9.73. The second kappa shape index (κ2) is 11.9. The van der Waals surface area contributed by atoms with E-state index in [2.05, 4.69) is 27.5 Å². The number of esters is 1. The average molecular weight is 579 g/mol. The number of carbonyl (C=O) groups excluding carboxylic acids is 2. The van der Waals surface area contributed by atoms with Crippen molar-refractivity contribution in [2.24, 2.45) is 0 Å². The van der Waals surface area contributed by atoms with Crippen molar-refractivity contribution in [3.8, 4) is 22.5 Å². The van der Waals surface area contributed by atoms with Crippen LogP contribution >= 0.6 is 34.4 Å². The number of fused-ring (bicyclic) bond motifs is 1. The maximum Gasteiger partial charge on any atom is 0.341 e. The van der Waals surface area contributed by atoms with E-state index in [-0.39, 0.29) is 11.7 Å². The number of amides is 1. The summed E-state index contributed by atoms with van der Waals surface area (Å²) in [6.45, 7) is 8.47. The quantitative estimate of drug-likeness (QED) is 0.132. The minimum atomic E-state index is -0.482. The molecule has 0 spiro atoms. The Hall–Kier alpha value is -3.21. The van der Waals surface area contributed by atoms with Gasteiger partial charge in [-0.25, -0.2) is 4.79 Å². The van der Waals surface area contributed by atoms with E-state index in [9.17, 15) is 9.59 Å². The third kappa shape index (κ3) is 5.59. The third-order valence-electron chi connectivity index (χ3n) is 6.78. The monoisotopic (exact) mass is 578 g/mol. The van der Waals surface area contributed by atoms with Gasteiger partial charge < -0.3 is 10.1 Å². The lowest BCUT2D eigenvalue weighted by atomic mass is 9.95. The number of benzene rings is 1. The number of ether oxygens (including phenoxy) is 1. The summed E-state index contributed by atoms with van der Waals surface area (Å²) in [7, 11) is 1.35. The summed E-state index contributed by atoms with van der Waals surface area (Å²) < 4.78 is 7.10. The molecule has 1 N–H and O–H groups in total. The van der Waals surface area contributed by atoms with Gasteiger partial charge >= 0.3 is 5.97 Å². The Morgan fingerprint density at radius 1 is 1.13 bits per heavy atom. The van der Waals surface area contributed by atoms with Crippen molar-refractivity contribution in [2.45, 2.75) is 51.2 Å². The Bertz CT molecular complexity index is 1550. The number of anilines is 1. The van der Waals surface area contributed by atoms with Crippen LogP contribution in [0.5, 0.6) is 0 Å². The van der Waals surface area contributed by atoms with Crippen molar-refractivity contribution in [1.82, 2.24) is 14.8 Å². The van der Waals surface area contributed by atoms with Gasteiger partial charge in [-0.1, -0.05) is 41.6 Å². The minimum Gasteiger partial charge on any atom is -0.465 e. The summed E-state index contributed by atoms with van der Waals surface area (Å²) in [5.74, 6) is 0.224. The second-order valence-corrected chi connectivity index (χ2v) is 12.3. The number of aryl methyl sites for hydroxylation is 3. The van der Waals surface area contributed by atoms with E-state index in [0.717, 1.165) is 46.5 Å². The maximum absolute atomic E-state index is 13.1. The highest BCUT2D eigenvalue weighted by Crippen LogP contribution is 2.39. The van der Waals surface area contributed by atoms with Crippen LogP contribution in [-0.2, 0) is 28.9 Å². The largest absolute Gasteiger partial charge is 0.465 e. The van der Waals surface area contributed by atoms with E-state index >= 15 is 0 Å². The van der Waals surface area contributed by atoms with E-state index in [1.807, 2.05) is 48.1 Å². The highest BCUT2D eigenvalue weighted by Gasteiger charge is 2.25. The van der Waals surface area contributed by atoms with Crippen molar-refractivity contribution in [2.75, 3.05) is 18.2 Å². The van der Waals surface area contributed by atoms with E-state index in [4.69, 9.17) is 4.74 Å². The highest BCUT2D eigenvalue weighted by atomic mass is 32.2. The molecule has 39 heavy (non-hydrogen) atoms. The highest BCUT2D eigenvalue weighted by molar-refractivity contribution is 7.99. The Labute approximate surface area is 240 Å². The first-order valence-electron chi connectivity index (χ1n) is 12.7. The summed E-state index contributed by atoms with van der Waals surface area (Å²) in [6.07, 6.45) is 6.43. The predicted molar refractivity (Wildman–Crippen MR) is 160 cm³/mol. The molecule has 0 unspecified atom stereocenters. The number of hydrogen-bond acceptors (Lipinski definition) is 8. The topological polar surface area (TPSA) is 86.1 Å². The molecule has 202 valence electrons. The zero-order valence-electron chi connectivity index (χ0n) is 22.2. The van der Waals surface area contributed by atoms with Crippen LogP contribution in [0.15, 0.2) is 46.8 Å². The molecule has 3 aromatic heterocycles. The fourth-order valence-corrected chi connectivity index (χ4v) is 7.68. The number of thiophene rings is 2. The number of hydrogen-bond donors (Lipinski definition) is 1. The lowest BCUT2D eigenvalue weighted by molar-refractivity contribution is -0.113. The number of carbonyl (C=O) groups is 2. The van der Waals surface area contributed by atoms with E-state index in [0.29, 0.717) is 22.3 Å². The summed E-state index contributed by atoms with van der Waals surface area (Å²) in [6, 6.07) is 6.10. The average Bonchev–Trinajstić information content (AvgIpc) is 3.65. The maximum atomic E-state index is 13.1. The van der Waals surface area contributed by atoms with E-state index in [1.165, 1.54) is 53.5 Å². The van der Waals surface area contributed by atoms with Gasteiger partial charge in [0.25, 0.3) is 0 Å². The standard InChI is InChI=1S/C29H30N4O3S3/c1-5-12-33-26(22-15-37-23-9-7-6-8-19(22)23)31-32-29(33)39-16-24(34)30-27-25(28(35)36-4)21(14-38-27)20-13-17(2)10-11-18(20)3/h5,10-11,13-15H,1,6-9,12,16H2,2-4H3,(H,30,34). The van der Waals surface area contributed by atoms with Crippen molar-refractivity contribution >= 4 is 51.3 Å². The van der Waals surface area contributed by atoms with Gasteiger partial charge in [0.1, 0.15) is 10.6 Å². The molecule has 0 aliphatic heterocycles. The zero-order valence-corrected chi connectivity index (χ0v) is 24.7. The van der Waals surface area contributed by atoms with Crippen LogP contribution in [0.25, 0.3) is 22.5 Å². The fourth-order valence-electron chi connectivity index (χ4n) is 4.84. The number of rotatable bonds is 9. The molecule has 7 nitrogen and oxygen atoms in total. The van der Waals surface area contributed by atoms with Gasteiger partial charge in [-0.05, 0) is 56.2 Å². The molecule has 5 rings (SSSR count). The molecule has 1 amide bonds. The van der Waals surface area contributed by atoms with Gasteiger partial charge in [0.15, 0.2) is 11.0 Å². The van der Waals surface area contributed by atoms with Gasteiger partial charge in [-0.3, -0.25) is 9.36 Å². The lowest BCUT2D eigenvalue weighted by Gasteiger charge is -2.13. The van der Waals surface area contributed by atoms with E-state index < -0.39 is 5.97 Å².